The van der Waals surface area contributed by atoms with Crippen LogP contribution in [0.1, 0.15) is 50.7 Å². The fourth-order valence-electron chi connectivity index (χ4n) is 14.9. The number of para-hydroxylation sites is 4. The molecule has 0 aliphatic rings. The summed E-state index contributed by atoms with van der Waals surface area (Å²) in [7, 11) is 0. The van der Waals surface area contributed by atoms with Crippen LogP contribution < -0.4 is 9.80 Å². The van der Waals surface area contributed by atoms with Gasteiger partial charge in [-0.25, -0.2) is 0 Å². The Morgan fingerprint density at radius 3 is 0.965 bits per heavy atom. The molecule has 13 aromatic carbocycles. The van der Waals surface area contributed by atoms with Gasteiger partial charge in [-0.1, -0.05) is 137 Å². The van der Waals surface area contributed by atoms with E-state index in [-0.39, 0.29) is 0 Å². The van der Waals surface area contributed by atoms with Crippen LogP contribution in [-0.4, -0.2) is 8.80 Å². The monoisotopic (exact) mass is 1100 g/mol. The maximum atomic E-state index is 6.96. The highest BCUT2D eigenvalue weighted by molar-refractivity contribution is 6.27. The zero-order chi connectivity index (χ0) is 56.8. The summed E-state index contributed by atoms with van der Waals surface area (Å²) in [6, 6.07) is 90.1. The molecule has 0 spiro atoms. The summed E-state index contributed by atoms with van der Waals surface area (Å²) in [6.07, 6.45) is 0. The minimum Gasteiger partial charge on any atom is -0.455 e. The number of hydrogen-bond donors (Lipinski definition) is 0. The average Bonchev–Trinajstić information content (AvgIpc) is 1.61. The lowest BCUT2D eigenvalue weighted by atomic mass is 10.0. The first-order valence-electron chi connectivity index (χ1n) is 30.1. The van der Waals surface area contributed by atoms with Crippen molar-refractivity contribution in [1.29, 1.82) is 0 Å². The zero-order valence-corrected chi connectivity index (χ0v) is 47.9. The fraction of sp³-hybridized carbons (Fsp3) is 0.0750. The second kappa shape index (κ2) is 17.4. The van der Waals surface area contributed by atoms with Crippen LogP contribution in [0.25, 0.3) is 142 Å². The molecule has 0 unspecified atom stereocenters. The van der Waals surface area contributed by atoms with Crippen LogP contribution >= 0.6 is 0 Å². The average molecular weight is 1100 g/mol. The molecule has 19 rings (SSSR count). The van der Waals surface area contributed by atoms with Gasteiger partial charge in [0.2, 0.25) is 0 Å². The molecular formula is C80H54N4O2. The highest BCUT2D eigenvalue weighted by Crippen LogP contribution is 2.49. The summed E-state index contributed by atoms with van der Waals surface area (Å²) in [5.41, 5.74) is 20.0. The van der Waals surface area contributed by atoms with E-state index >= 15 is 0 Å². The van der Waals surface area contributed by atoms with E-state index in [4.69, 9.17) is 8.83 Å². The Bertz CT molecular complexity index is 5500. The number of anilines is 6. The van der Waals surface area contributed by atoms with Crippen LogP contribution in [0.2, 0.25) is 0 Å². The molecule has 0 aliphatic heterocycles. The molecular weight excluding hydrogens is 1050 g/mol. The fourth-order valence-corrected chi connectivity index (χ4v) is 14.9. The maximum absolute atomic E-state index is 6.96. The molecule has 0 amide bonds. The van der Waals surface area contributed by atoms with Gasteiger partial charge in [0.25, 0.3) is 0 Å². The first kappa shape index (κ1) is 47.6. The van der Waals surface area contributed by atoms with E-state index < -0.39 is 0 Å². The molecule has 406 valence electrons. The molecule has 0 aliphatic carbocycles. The van der Waals surface area contributed by atoms with Crippen molar-refractivity contribution in [3.05, 3.63) is 254 Å². The third-order valence-electron chi connectivity index (χ3n) is 19.0. The molecule has 0 radical (unpaired) electrons. The summed E-state index contributed by atoms with van der Waals surface area (Å²) in [5, 5.41) is 18.7. The third kappa shape index (κ3) is 6.55. The predicted octanol–water partition coefficient (Wildman–Crippen LogP) is 23.3. The van der Waals surface area contributed by atoms with E-state index in [0.717, 1.165) is 99.5 Å². The molecule has 0 saturated heterocycles. The second-order valence-electron chi connectivity index (χ2n) is 24.4. The molecule has 6 heterocycles. The topological polar surface area (TPSA) is 41.6 Å². The molecule has 6 heteroatoms. The molecule has 6 aromatic heterocycles. The Morgan fingerprint density at radius 1 is 0.267 bits per heavy atom. The van der Waals surface area contributed by atoms with Crippen LogP contribution in [-0.2, 0) is 0 Å². The third-order valence-corrected chi connectivity index (χ3v) is 19.0. The SMILES string of the molecule is CC(C)c1ccc(N(c2ccc3c(ccc4c5cc6c(cc5oc34)oc3c4ccc(N(c5ccc(C(C)C)cc5)c5cc7c8ccccc8n8c9ccccc9c(c5)c78)cc4ccc63)c2)c2cc3c4ccccc4n4c5ccccc5c(c2)c34)cc1. The number of fused-ring (bicyclic) bond motifs is 22. The van der Waals surface area contributed by atoms with E-state index in [0.29, 0.717) is 11.8 Å². The predicted molar refractivity (Wildman–Crippen MR) is 363 cm³/mol. The van der Waals surface area contributed by atoms with Crippen LogP contribution in [0, 0.1) is 0 Å². The van der Waals surface area contributed by atoms with Gasteiger partial charge in [-0.05, 0) is 161 Å². The van der Waals surface area contributed by atoms with E-state index in [9.17, 15) is 0 Å². The van der Waals surface area contributed by atoms with Gasteiger partial charge in [-0.2, -0.15) is 0 Å². The quantitative estimate of drug-likeness (QED) is 0.152. The van der Waals surface area contributed by atoms with E-state index in [2.05, 4.69) is 289 Å². The van der Waals surface area contributed by atoms with Crippen LogP contribution in [0.3, 0.4) is 0 Å². The number of hydrogen-bond acceptors (Lipinski definition) is 4. The van der Waals surface area contributed by atoms with E-state index in [1.54, 1.807) is 0 Å². The van der Waals surface area contributed by atoms with Gasteiger partial charge in [0.15, 0.2) is 0 Å². The molecule has 86 heavy (non-hydrogen) atoms. The highest BCUT2D eigenvalue weighted by Gasteiger charge is 2.26. The van der Waals surface area contributed by atoms with Crippen molar-refractivity contribution >= 4 is 176 Å². The van der Waals surface area contributed by atoms with Crippen LogP contribution in [0.15, 0.2) is 251 Å². The molecule has 0 saturated carbocycles. The summed E-state index contributed by atoms with van der Waals surface area (Å²) >= 11 is 0. The summed E-state index contributed by atoms with van der Waals surface area (Å²) in [5.74, 6) is 0.847. The lowest BCUT2D eigenvalue weighted by molar-refractivity contribution is 0.660. The van der Waals surface area contributed by atoms with Crippen molar-refractivity contribution in [2.75, 3.05) is 9.80 Å². The number of aromatic nitrogens is 2. The van der Waals surface area contributed by atoms with Crippen molar-refractivity contribution in [3.8, 4) is 0 Å². The molecule has 19 aromatic rings. The summed E-state index contributed by atoms with van der Waals surface area (Å²) in [4.78, 5) is 4.85. The molecule has 0 bridgehead atoms. The minimum atomic E-state index is 0.424. The summed E-state index contributed by atoms with van der Waals surface area (Å²) < 4.78 is 18.8. The van der Waals surface area contributed by atoms with Crippen molar-refractivity contribution in [2.45, 2.75) is 39.5 Å². The molecule has 0 fully saturated rings. The molecule has 0 atom stereocenters. The van der Waals surface area contributed by atoms with Crippen molar-refractivity contribution in [3.63, 3.8) is 0 Å². The minimum absolute atomic E-state index is 0.424. The Hall–Kier alpha value is -10.8. The summed E-state index contributed by atoms with van der Waals surface area (Å²) in [6.45, 7) is 9.02. The smallest absolute Gasteiger partial charge is 0.143 e. The Labute approximate surface area is 493 Å². The first-order chi connectivity index (χ1) is 42.3. The number of furan rings is 2. The normalized spacial score (nSPS) is 12.6. The van der Waals surface area contributed by atoms with Gasteiger partial charge in [0.1, 0.15) is 22.3 Å². The Kier molecular flexibility index (Phi) is 9.63. The maximum Gasteiger partial charge on any atom is 0.143 e. The van der Waals surface area contributed by atoms with Gasteiger partial charge in [0, 0.05) is 116 Å². The van der Waals surface area contributed by atoms with Gasteiger partial charge in [0.05, 0.1) is 33.1 Å². The highest BCUT2D eigenvalue weighted by atomic mass is 16.3. The Morgan fingerprint density at radius 2 is 0.605 bits per heavy atom. The Balaban J connectivity index is 0.730. The van der Waals surface area contributed by atoms with Crippen LogP contribution in [0.4, 0.5) is 34.1 Å². The number of benzene rings is 13. The van der Waals surface area contributed by atoms with Gasteiger partial charge >= 0.3 is 0 Å². The standard InChI is InChI=1S/C80H54N4O2/c1-45(2)47-21-27-51(28-22-47)81(55-39-67-59-13-5-9-17-71(59)83-72-18-10-6-14-60(72)68(40-55)77(67)83)53-31-35-57-49(37-53)25-33-63-65-43-66-64-34-26-50-38-54(32-36-58(50)80(64)86-76(66)44-75(65)85-79(57)63)82(52-29-23-48(24-30-52)46(3)4)56-41-69-61-15-7-11-19-73(61)84-74-20-12-8-16-62(74)70(42-56)78(69)84/h5-46H,1-4H3. The lowest BCUT2D eigenvalue weighted by Crippen LogP contribution is -2.10. The van der Waals surface area contributed by atoms with Gasteiger partial charge in [-0.15, -0.1) is 0 Å². The first-order valence-corrected chi connectivity index (χ1v) is 30.1. The number of rotatable bonds is 8. The second-order valence-corrected chi connectivity index (χ2v) is 24.4. The van der Waals surface area contributed by atoms with Crippen molar-refractivity contribution in [1.82, 2.24) is 8.80 Å². The number of nitrogens with zero attached hydrogens (tertiary/aromatic N) is 4. The van der Waals surface area contributed by atoms with E-state index in [1.807, 2.05) is 0 Å². The van der Waals surface area contributed by atoms with Gasteiger partial charge < -0.3 is 27.4 Å². The molecule has 0 N–H and O–H groups in total. The van der Waals surface area contributed by atoms with Crippen molar-refractivity contribution < 1.29 is 8.83 Å². The molecule has 6 nitrogen and oxygen atoms in total. The lowest BCUT2D eigenvalue weighted by Gasteiger charge is -2.26. The van der Waals surface area contributed by atoms with Crippen LogP contribution in [0.5, 0.6) is 0 Å². The zero-order valence-electron chi connectivity index (χ0n) is 47.9. The largest absolute Gasteiger partial charge is 0.455 e. The van der Waals surface area contributed by atoms with E-state index in [1.165, 1.54) is 87.3 Å². The van der Waals surface area contributed by atoms with Gasteiger partial charge in [-0.3, -0.25) is 0 Å². The van der Waals surface area contributed by atoms with Crippen molar-refractivity contribution in [2.24, 2.45) is 0 Å².